The molecule has 1 heterocycles. The van der Waals surface area contributed by atoms with Crippen LogP contribution in [-0.4, -0.2) is 62.5 Å². The highest BCUT2D eigenvalue weighted by atomic mass is 19.3. The maximum atomic E-state index is 14.2. The first-order valence-electron chi connectivity index (χ1n) is 16.4. The number of carbonyl (C=O) groups excluding carboxylic acids is 3. The van der Waals surface area contributed by atoms with Crippen LogP contribution >= 0.6 is 0 Å². The predicted molar refractivity (Wildman–Crippen MR) is 182 cm³/mol. The minimum atomic E-state index is -5.44. The molecule has 3 aromatic carbocycles. The van der Waals surface area contributed by atoms with E-state index in [1.54, 1.807) is 23.3 Å². The number of primary amides is 1. The van der Waals surface area contributed by atoms with Crippen molar-refractivity contribution in [1.29, 1.82) is 0 Å². The lowest BCUT2D eigenvalue weighted by Crippen LogP contribution is -2.48. The van der Waals surface area contributed by atoms with Crippen LogP contribution in [0.2, 0.25) is 0 Å². The van der Waals surface area contributed by atoms with Gasteiger partial charge in [-0.3, -0.25) is 19.5 Å². The molecule has 0 aliphatic heterocycles. The lowest BCUT2D eigenvalue weighted by molar-refractivity contribution is -0.231. The second-order valence-electron chi connectivity index (χ2n) is 12.8. The van der Waals surface area contributed by atoms with Crippen LogP contribution in [0, 0.1) is 18.8 Å². The van der Waals surface area contributed by atoms with Crippen molar-refractivity contribution < 1.29 is 41.8 Å². The number of aromatic amines is 1. The van der Waals surface area contributed by atoms with Crippen molar-refractivity contribution in [2.24, 2.45) is 23.3 Å². The van der Waals surface area contributed by atoms with Gasteiger partial charge in [0.05, 0.1) is 0 Å². The van der Waals surface area contributed by atoms with Gasteiger partial charge < -0.3 is 27.2 Å². The van der Waals surface area contributed by atoms with Crippen molar-refractivity contribution in [3.05, 3.63) is 89.2 Å². The minimum Gasteiger partial charge on any atom is -0.477 e. The van der Waals surface area contributed by atoms with Crippen LogP contribution in [0.1, 0.15) is 53.0 Å². The lowest BCUT2D eigenvalue weighted by Gasteiger charge is -2.28. The molecule has 1 fully saturated rings. The average Bonchev–Trinajstić information content (AvgIpc) is 3.63. The van der Waals surface area contributed by atoms with Gasteiger partial charge in [0.15, 0.2) is 5.82 Å². The molecule has 1 aliphatic carbocycles. The fraction of sp³-hybridized carbons (Fsp3) is 0.333. The summed E-state index contributed by atoms with van der Waals surface area (Å²) in [5, 5.41) is 19.4. The smallest absolute Gasteiger partial charge is 0.411 e. The van der Waals surface area contributed by atoms with Crippen LogP contribution in [0.4, 0.5) is 23.2 Å². The highest BCUT2D eigenvalue weighted by molar-refractivity contribution is 5.98. The summed E-state index contributed by atoms with van der Waals surface area (Å²) in [6.45, 7) is 2.41. The zero-order chi connectivity index (χ0) is 37.8. The summed E-state index contributed by atoms with van der Waals surface area (Å²) in [5.74, 6) is -16.9. The van der Waals surface area contributed by atoms with Crippen LogP contribution < -0.4 is 22.1 Å². The Morgan fingerprint density at radius 1 is 0.942 bits per heavy atom. The monoisotopic (exact) mass is 723 g/mol. The lowest BCUT2D eigenvalue weighted by atomic mass is 9.81. The van der Waals surface area contributed by atoms with Gasteiger partial charge in [-0.2, -0.15) is 22.7 Å². The molecule has 1 atom stereocenters. The first-order valence-corrected chi connectivity index (χ1v) is 16.4. The molecule has 8 N–H and O–H groups in total. The van der Waals surface area contributed by atoms with E-state index >= 15 is 0 Å². The van der Waals surface area contributed by atoms with Gasteiger partial charge in [0.1, 0.15) is 6.04 Å². The SMILES string of the molecule is Cc1cc(C(N)=O)ccc1-c1ccc(C[C@H](NC(=O)C2CCC(CN)CC2)C(=O)Nc2ccc(-c3n[nH]c(C(F)(F)C(F)(F)C(=O)O)n3)cc2)cc1. The van der Waals surface area contributed by atoms with Gasteiger partial charge in [-0.05, 0) is 104 Å². The van der Waals surface area contributed by atoms with E-state index in [0.29, 0.717) is 30.9 Å². The number of aryl methyl sites for hydroxylation is 1. The number of alkyl halides is 4. The number of hydrogen-bond acceptors (Lipinski definition) is 7. The molecular formula is C36H37F4N7O5. The molecule has 0 saturated heterocycles. The summed E-state index contributed by atoms with van der Waals surface area (Å²) in [4.78, 5) is 52.7. The molecule has 0 bridgehead atoms. The van der Waals surface area contributed by atoms with Gasteiger partial charge in [-0.25, -0.2) is 9.78 Å². The van der Waals surface area contributed by atoms with E-state index < -0.39 is 47.3 Å². The maximum Gasteiger partial charge on any atom is 0.411 e. The number of amides is 3. The Labute approximate surface area is 295 Å². The topological polar surface area (TPSA) is 206 Å². The molecular weight excluding hydrogens is 686 g/mol. The summed E-state index contributed by atoms with van der Waals surface area (Å²) < 4.78 is 55.6. The molecule has 12 nitrogen and oxygen atoms in total. The number of hydrogen-bond donors (Lipinski definition) is 6. The standard InChI is InChI=1S/C36H37F4N7O5/c1-19-16-25(29(42)48)12-15-27(19)22-6-2-20(3-7-22)17-28(44-31(49)24-8-4-21(18-41)5-9-24)32(50)43-26-13-10-23(11-14-26)30-45-33(47-46-30)35(37,38)36(39,40)34(51)52/h2-3,6-7,10-16,21,24,28H,4-5,8-9,17-18,41H2,1H3,(H2,42,48)(H,43,50)(H,44,49)(H,51,52)(H,45,46,47)/t21?,24?,28-/m0/s1. The number of anilines is 1. The summed E-state index contributed by atoms with van der Waals surface area (Å²) in [5.41, 5.74) is 15.3. The fourth-order valence-electron chi connectivity index (χ4n) is 6.10. The van der Waals surface area contributed by atoms with E-state index in [4.69, 9.17) is 16.6 Å². The number of carboxylic acid groups (broad SMARTS) is 1. The largest absolute Gasteiger partial charge is 0.477 e. The number of aromatic nitrogens is 3. The number of carboxylic acids is 1. The molecule has 1 saturated carbocycles. The minimum absolute atomic E-state index is 0.104. The third-order valence-electron chi connectivity index (χ3n) is 9.26. The Hall–Kier alpha value is -5.64. The van der Waals surface area contributed by atoms with E-state index in [1.807, 2.05) is 31.2 Å². The number of halogens is 4. The molecule has 16 heteroatoms. The Kier molecular flexibility index (Phi) is 11.1. The highest BCUT2D eigenvalue weighted by Crippen LogP contribution is 2.42. The number of rotatable bonds is 13. The Morgan fingerprint density at radius 2 is 1.58 bits per heavy atom. The van der Waals surface area contributed by atoms with Crippen LogP contribution in [0.25, 0.3) is 22.5 Å². The molecule has 0 spiro atoms. The summed E-state index contributed by atoms with van der Waals surface area (Å²) in [7, 11) is 0. The quantitative estimate of drug-likeness (QED) is 0.106. The zero-order valence-corrected chi connectivity index (χ0v) is 28.0. The van der Waals surface area contributed by atoms with Crippen LogP contribution in [-0.2, 0) is 26.7 Å². The van der Waals surface area contributed by atoms with Crippen molar-refractivity contribution in [2.45, 2.75) is 56.9 Å². The number of nitrogens with zero attached hydrogens (tertiary/aromatic N) is 2. The van der Waals surface area contributed by atoms with Crippen molar-refractivity contribution >= 4 is 29.4 Å². The molecule has 274 valence electrons. The van der Waals surface area contributed by atoms with Crippen LogP contribution in [0.5, 0.6) is 0 Å². The van der Waals surface area contributed by atoms with Crippen molar-refractivity contribution in [2.75, 3.05) is 11.9 Å². The van der Waals surface area contributed by atoms with Gasteiger partial charge in [-0.15, -0.1) is 0 Å². The number of nitrogens with two attached hydrogens (primary N) is 2. The van der Waals surface area contributed by atoms with Crippen LogP contribution in [0.3, 0.4) is 0 Å². The molecule has 0 unspecified atom stereocenters. The second-order valence-corrected chi connectivity index (χ2v) is 12.8. The first kappa shape index (κ1) is 37.6. The van der Waals surface area contributed by atoms with Gasteiger partial charge >= 0.3 is 17.8 Å². The third-order valence-corrected chi connectivity index (χ3v) is 9.26. The number of benzene rings is 3. The number of aliphatic carboxylic acids is 1. The Bertz CT molecular complexity index is 1940. The summed E-state index contributed by atoms with van der Waals surface area (Å²) >= 11 is 0. The third kappa shape index (κ3) is 8.12. The normalized spacial score (nSPS) is 16.9. The number of nitrogens with one attached hydrogen (secondary N) is 3. The van der Waals surface area contributed by atoms with E-state index in [9.17, 15) is 36.7 Å². The Morgan fingerprint density at radius 3 is 2.15 bits per heavy atom. The van der Waals surface area contributed by atoms with E-state index in [1.165, 1.54) is 24.3 Å². The fourth-order valence-corrected chi connectivity index (χ4v) is 6.10. The van der Waals surface area contributed by atoms with Gasteiger partial charge in [0.25, 0.3) is 0 Å². The summed E-state index contributed by atoms with van der Waals surface area (Å²) in [6.07, 6.45) is 3.06. The maximum absolute atomic E-state index is 14.2. The zero-order valence-electron chi connectivity index (χ0n) is 28.0. The summed E-state index contributed by atoms with van der Waals surface area (Å²) in [6, 6.07) is 17.1. The molecule has 5 rings (SSSR count). The molecule has 4 aromatic rings. The average molecular weight is 724 g/mol. The van der Waals surface area contributed by atoms with Crippen LogP contribution in [0.15, 0.2) is 66.7 Å². The molecule has 0 radical (unpaired) electrons. The first-order chi connectivity index (χ1) is 24.6. The highest BCUT2D eigenvalue weighted by Gasteiger charge is 2.65. The predicted octanol–water partition coefficient (Wildman–Crippen LogP) is 4.79. The van der Waals surface area contributed by atoms with Crippen molar-refractivity contribution in [3.63, 3.8) is 0 Å². The van der Waals surface area contributed by atoms with Crippen molar-refractivity contribution in [1.82, 2.24) is 20.5 Å². The molecule has 52 heavy (non-hydrogen) atoms. The number of H-pyrrole nitrogens is 1. The van der Waals surface area contributed by atoms with Gasteiger partial charge in [0.2, 0.25) is 23.5 Å². The Balaban J connectivity index is 1.32. The van der Waals surface area contributed by atoms with E-state index in [-0.39, 0.29) is 29.5 Å². The van der Waals surface area contributed by atoms with Crippen molar-refractivity contribution in [3.8, 4) is 22.5 Å². The van der Waals surface area contributed by atoms with E-state index in [0.717, 1.165) is 35.1 Å². The number of carbonyl (C=O) groups is 4. The van der Waals surface area contributed by atoms with Gasteiger partial charge in [-0.1, -0.05) is 30.3 Å². The second kappa shape index (κ2) is 15.3. The molecule has 1 aliphatic rings. The van der Waals surface area contributed by atoms with E-state index in [2.05, 4.69) is 20.7 Å². The van der Waals surface area contributed by atoms with Gasteiger partial charge in [0, 0.05) is 29.2 Å². The molecule has 3 amide bonds. The molecule has 1 aromatic heterocycles.